The monoisotopic (exact) mass is 300 g/mol. The lowest BCUT2D eigenvalue weighted by molar-refractivity contribution is -0.0593. The van der Waals surface area contributed by atoms with Crippen LogP contribution < -0.4 is 10.5 Å². The van der Waals surface area contributed by atoms with Crippen LogP contribution in [0.4, 0.5) is 0 Å². The topological polar surface area (TPSA) is 101 Å². The maximum Gasteiger partial charge on any atom is 0.244 e. The molecule has 0 unspecified atom stereocenters. The number of hydrogen-bond donors (Lipinski definition) is 3. The summed E-state index contributed by atoms with van der Waals surface area (Å²) in [6.45, 7) is 11.4. The van der Waals surface area contributed by atoms with E-state index in [0.29, 0.717) is 11.4 Å². The molecule has 0 amide bonds. The fourth-order valence-corrected chi connectivity index (χ4v) is 5.55. The molecule has 0 aliphatic heterocycles. The maximum absolute atomic E-state index is 12.6. The van der Waals surface area contributed by atoms with Crippen molar-refractivity contribution in [3.05, 3.63) is 11.4 Å². The van der Waals surface area contributed by atoms with Crippen LogP contribution in [0.25, 0.3) is 0 Å². The van der Waals surface area contributed by atoms with E-state index in [9.17, 15) is 8.42 Å². The van der Waals surface area contributed by atoms with E-state index in [4.69, 9.17) is 5.73 Å². The van der Waals surface area contributed by atoms with Crippen molar-refractivity contribution in [1.82, 2.24) is 14.9 Å². The molecule has 0 spiro atoms. The molecule has 1 saturated carbocycles. The zero-order valence-electron chi connectivity index (χ0n) is 12.9. The number of aromatic amines is 1. The molecule has 1 heterocycles. The standard InChI is InChI=1S/C13H24N4O2S/c1-7-9(8(2)16-15-7)20(18,19)17-11-12(3,4)10(14)13(11,5)6/h10-11,17H,14H2,1-6H3,(H,15,16). The van der Waals surface area contributed by atoms with Crippen molar-refractivity contribution < 1.29 is 8.42 Å². The SMILES string of the molecule is Cc1n[nH]c(C)c1S(=O)(=O)NC1C(C)(C)C(N)C1(C)C. The van der Waals surface area contributed by atoms with E-state index < -0.39 is 10.0 Å². The third-order valence-electron chi connectivity index (χ3n) is 4.69. The second kappa shape index (κ2) is 4.29. The van der Waals surface area contributed by atoms with Gasteiger partial charge >= 0.3 is 0 Å². The summed E-state index contributed by atoms with van der Waals surface area (Å²) in [5, 5.41) is 6.66. The smallest absolute Gasteiger partial charge is 0.244 e. The Balaban J connectivity index is 2.35. The molecular formula is C13H24N4O2S. The van der Waals surface area contributed by atoms with Crippen molar-refractivity contribution in [2.75, 3.05) is 0 Å². The molecule has 0 aromatic carbocycles. The Morgan fingerprint density at radius 1 is 1.20 bits per heavy atom. The van der Waals surface area contributed by atoms with Crippen LogP contribution in [-0.4, -0.2) is 30.7 Å². The first-order chi connectivity index (χ1) is 8.92. The van der Waals surface area contributed by atoms with E-state index in [2.05, 4.69) is 14.9 Å². The highest BCUT2D eigenvalue weighted by Gasteiger charge is 2.61. The number of aromatic nitrogens is 2. The van der Waals surface area contributed by atoms with Crippen LogP contribution >= 0.6 is 0 Å². The van der Waals surface area contributed by atoms with Crippen LogP contribution in [0.15, 0.2) is 4.90 Å². The average Bonchev–Trinajstić information content (AvgIpc) is 2.65. The molecule has 1 fully saturated rings. The minimum atomic E-state index is -3.60. The molecule has 2 rings (SSSR count). The second-order valence-corrected chi connectivity index (χ2v) is 8.59. The molecule has 1 aromatic rings. The third kappa shape index (κ3) is 1.99. The summed E-state index contributed by atoms with van der Waals surface area (Å²) in [7, 11) is -3.60. The summed E-state index contributed by atoms with van der Waals surface area (Å²) in [4.78, 5) is 0.240. The van der Waals surface area contributed by atoms with Crippen molar-refractivity contribution in [3.8, 4) is 0 Å². The molecule has 0 bridgehead atoms. The summed E-state index contributed by atoms with van der Waals surface area (Å²) >= 11 is 0. The lowest BCUT2D eigenvalue weighted by Gasteiger charge is -2.62. The molecule has 4 N–H and O–H groups in total. The van der Waals surface area contributed by atoms with Gasteiger partial charge in [0.1, 0.15) is 4.90 Å². The quantitative estimate of drug-likeness (QED) is 0.777. The number of hydrogen-bond acceptors (Lipinski definition) is 4. The Kier molecular flexibility index (Phi) is 3.31. The van der Waals surface area contributed by atoms with Gasteiger partial charge in [-0.15, -0.1) is 0 Å². The van der Waals surface area contributed by atoms with E-state index in [1.807, 2.05) is 27.7 Å². The number of aryl methyl sites for hydroxylation is 2. The molecule has 6 nitrogen and oxygen atoms in total. The Bertz CT molecular complexity index is 595. The molecule has 0 radical (unpaired) electrons. The fourth-order valence-electron chi connectivity index (χ4n) is 3.63. The van der Waals surface area contributed by atoms with E-state index in [1.165, 1.54) is 0 Å². The summed E-state index contributed by atoms with van der Waals surface area (Å²) < 4.78 is 28.0. The summed E-state index contributed by atoms with van der Waals surface area (Å²) in [5.41, 5.74) is 6.65. The van der Waals surface area contributed by atoms with Gasteiger partial charge in [-0.2, -0.15) is 5.10 Å². The zero-order chi connectivity index (χ0) is 15.5. The van der Waals surface area contributed by atoms with Gasteiger partial charge in [0.05, 0.1) is 11.4 Å². The highest BCUT2D eigenvalue weighted by molar-refractivity contribution is 7.89. The number of nitrogens with zero attached hydrogens (tertiary/aromatic N) is 1. The average molecular weight is 300 g/mol. The number of rotatable bonds is 3. The van der Waals surface area contributed by atoms with Gasteiger partial charge in [0, 0.05) is 12.1 Å². The summed E-state index contributed by atoms with van der Waals surface area (Å²) in [5.74, 6) is 0. The molecule has 1 aliphatic rings. The summed E-state index contributed by atoms with van der Waals surface area (Å²) in [6, 6.07) is -0.252. The van der Waals surface area contributed by atoms with Crippen molar-refractivity contribution in [2.24, 2.45) is 16.6 Å². The second-order valence-electron chi connectivity index (χ2n) is 6.94. The number of nitrogens with two attached hydrogens (primary N) is 1. The summed E-state index contributed by atoms with van der Waals surface area (Å²) in [6.07, 6.45) is 0. The number of nitrogens with one attached hydrogen (secondary N) is 2. The van der Waals surface area contributed by atoms with Gasteiger partial charge in [-0.1, -0.05) is 27.7 Å². The van der Waals surface area contributed by atoms with E-state index in [-0.39, 0.29) is 27.8 Å². The van der Waals surface area contributed by atoms with Gasteiger partial charge in [0.25, 0.3) is 0 Å². The highest BCUT2D eigenvalue weighted by Crippen LogP contribution is 2.53. The first kappa shape index (κ1) is 15.5. The minimum Gasteiger partial charge on any atom is -0.327 e. The molecule has 114 valence electrons. The van der Waals surface area contributed by atoms with Gasteiger partial charge in [0.2, 0.25) is 10.0 Å². The van der Waals surface area contributed by atoms with Crippen LogP contribution in [0.1, 0.15) is 39.1 Å². The molecule has 1 aliphatic carbocycles. The Morgan fingerprint density at radius 3 is 2.10 bits per heavy atom. The van der Waals surface area contributed by atoms with Crippen LogP contribution in [0.5, 0.6) is 0 Å². The molecular weight excluding hydrogens is 276 g/mol. The normalized spacial score (nSPS) is 28.1. The van der Waals surface area contributed by atoms with E-state index in [1.54, 1.807) is 13.8 Å². The van der Waals surface area contributed by atoms with Crippen LogP contribution in [0, 0.1) is 24.7 Å². The predicted molar refractivity (Wildman–Crippen MR) is 77.7 cm³/mol. The Hall–Kier alpha value is -0.920. The van der Waals surface area contributed by atoms with Crippen molar-refractivity contribution in [1.29, 1.82) is 0 Å². The van der Waals surface area contributed by atoms with Gasteiger partial charge in [-0.05, 0) is 24.7 Å². The van der Waals surface area contributed by atoms with Gasteiger partial charge in [-0.3, -0.25) is 5.10 Å². The lowest BCUT2D eigenvalue weighted by atomic mass is 9.49. The molecule has 0 atom stereocenters. The number of sulfonamides is 1. The van der Waals surface area contributed by atoms with Crippen molar-refractivity contribution in [2.45, 2.75) is 58.5 Å². The first-order valence-corrected chi connectivity index (χ1v) is 8.20. The van der Waals surface area contributed by atoms with Crippen molar-refractivity contribution >= 4 is 10.0 Å². The lowest BCUT2D eigenvalue weighted by Crippen LogP contribution is -2.75. The van der Waals surface area contributed by atoms with Gasteiger partial charge < -0.3 is 5.73 Å². The van der Waals surface area contributed by atoms with E-state index in [0.717, 1.165) is 0 Å². The Labute approximate surface area is 120 Å². The number of H-pyrrole nitrogens is 1. The Morgan fingerprint density at radius 2 is 1.70 bits per heavy atom. The first-order valence-electron chi connectivity index (χ1n) is 6.72. The van der Waals surface area contributed by atoms with Gasteiger partial charge in [0.15, 0.2) is 0 Å². The molecule has 0 saturated heterocycles. The minimum absolute atomic E-state index is 0.0470. The van der Waals surface area contributed by atoms with Gasteiger partial charge in [-0.25, -0.2) is 13.1 Å². The molecule has 1 aromatic heterocycles. The van der Waals surface area contributed by atoms with Crippen LogP contribution in [0.3, 0.4) is 0 Å². The largest absolute Gasteiger partial charge is 0.327 e. The molecule has 20 heavy (non-hydrogen) atoms. The zero-order valence-corrected chi connectivity index (χ0v) is 13.7. The highest BCUT2D eigenvalue weighted by atomic mass is 32.2. The third-order valence-corrected chi connectivity index (χ3v) is 6.38. The molecule has 7 heteroatoms. The van der Waals surface area contributed by atoms with Crippen molar-refractivity contribution in [3.63, 3.8) is 0 Å². The fraction of sp³-hybridized carbons (Fsp3) is 0.769. The predicted octanol–water partition coefficient (Wildman–Crippen LogP) is 1.07. The van der Waals surface area contributed by atoms with Crippen LogP contribution in [-0.2, 0) is 10.0 Å². The van der Waals surface area contributed by atoms with Crippen LogP contribution in [0.2, 0.25) is 0 Å². The maximum atomic E-state index is 12.6. The van der Waals surface area contributed by atoms with E-state index >= 15 is 0 Å².